The van der Waals surface area contributed by atoms with E-state index >= 15 is 0 Å². The summed E-state index contributed by atoms with van der Waals surface area (Å²) >= 11 is 0. The zero-order valence-electron chi connectivity index (χ0n) is 12.1. The van der Waals surface area contributed by atoms with Crippen molar-refractivity contribution in [3.63, 3.8) is 0 Å². The Balaban J connectivity index is 2.07. The van der Waals surface area contributed by atoms with Crippen LogP contribution in [0.2, 0.25) is 0 Å². The molecule has 2 heterocycles. The predicted molar refractivity (Wildman–Crippen MR) is 75.0 cm³/mol. The topological polar surface area (TPSA) is 50.2 Å². The highest BCUT2D eigenvalue weighted by Gasteiger charge is 2.24. The smallest absolute Gasteiger partial charge is 0.272 e. The van der Waals surface area contributed by atoms with Gasteiger partial charge in [0.1, 0.15) is 5.69 Å². The molecule has 1 fully saturated rings. The largest absolute Gasteiger partial charge is 0.336 e. The number of carbonyl (C=O) groups is 1. The van der Waals surface area contributed by atoms with Crippen LogP contribution in [0.3, 0.4) is 0 Å². The van der Waals surface area contributed by atoms with Crippen molar-refractivity contribution in [2.75, 3.05) is 19.6 Å². The van der Waals surface area contributed by atoms with E-state index in [4.69, 9.17) is 0 Å². The molecule has 1 aromatic rings. The highest BCUT2D eigenvalue weighted by atomic mass is 16.2. The third-order valence-electron chi connectivity index (χ3n) is 3.52. The summed E-state index contributed by atoms with van der Waals surface area (Å²) in [6.07, 6.45) is 4.04. The molecule has 1 saturated heterocycles. The molecule has 1 aromatic heterocycles. The average Bonchev–Trinajstić information content (AvgIpc) is 2.98. The third kappa shape index (κ3) is 3.56. The summed E-state index contributed by atoms with van der Waals surface area (Å²) in [7, 11) is 1.81. The van der Waals surface area contributed by atoms with E-state index in [1.54, 1.807) is 16.9 Å². The Hall–Kier alpha value is -1.36. The van der Waals surface area contributed by atoms with Crippen LogP contribution >= 0.6 is 0 Å². The minimum absolute atomic E-state index is 0.0856. The molecule has 0 saturated carbocycles. The fraction of sp³-hybridized carbons (Fsp3) is 0.714. The Bertz CT molecular complexity index is 421. The molecule has 1 aliphatic heterocycles. The second kappa shape index (κ2) is 6.19. The first-order valence-electron chi connectivity index (χ1n) is 7.08. The van der Waals surface area contributed by atoms with E-state index in [9.17, 15) is 4.79 Å². The van der Waals surface area contributed by atoms with Crippen LogP contribution in [0, 0.1) is 5.92 Å². The molecule has 0 aromatic carbocycles. The number of nitrogens with one attached hydrogen (secondary N) is 1. The van der Waals surface area contributed by atoms with Gasteiger partial charge in [0, 0.05) is 32.4 Å². The lowest BCUT2D eigenvalue weighted by atomic mass is 10.1. The number of hydrogen-bond acceptors (Lipinski definition) is 3. The van der Waals surface area contributed by atoms with Crippen molar-refractivity contribution in [1.29, 1.82) is 0 Å². The summed E-state index contributed by atoms with van der Waals surface area (Å²) in [5.41, 5.74) is 0.665. The first kappa shape index (κ1) is 14.1. The molecule has 1 N–H and O–H groups in total. The Labute approximate surface area is 115 Å². The van der Waals surface area contributed by atoms with Crippen molar-refractivity contribution in [1.82, 2.24) is 20.0 Å². The summed E-state index contributed by atoms with van der Waals surface area (Å²) in [5, 5.41) is 7.54. The predicted octanol–water partition coefficient (Wildman–Crippen LogP) is 1.27. The molecule has 1 unspecified atom stereocenters. The van der Waals surface area contributed by atoms with E-state index in [1.165, 1.54) is 6.42 Å². The van der Waals surface area contributed by atoms with Gasteiger partial charge in [-0.25, -0.2) is 0 Å². The summed E-state index contributed by atoms with van der Waals surface area (Å²) in [6, 6.07) is 2.23. The van der Waals surface area contributed by atoms with Gasteiger partial charge in [-0.2, -0.15) is 5.10 Å². The number of carbonyl (C=O) groups excluding carboxylic acids is 1. The highest BCUT2D eigenvalue weighted by Crippen LogP contribution is 2.12. The van der Waals surface area contributed by atoms with Gasteiger partial charge in [0.15, 0.2) is 0 Å². The van der Waals surface area contributed by atoms with E-state index in [2.05, 4.69) is 24.3 Å². The Morgan fingerprint density at radius 3 is 2.95 bits per heavy atom. The zero-order chi connectivity index (χ0) is 13.8. The van der Waals surface area contributed by atoms with Crippen LogP contribution in [0.4, 0.5) is 0 Å². The first-order valence-corrected chi connectivity index (χ1v) is 7.08. The molecule has 0 spiro atoms. The molecule has 1 amide bonds. The van der Waals surface area contributed by atoms with Gasteiger partial charge in [-0.3, -0.25) is 9.48 Å². The van der Waals surface area contributed by atoms with Crippen molar-refractivity contribution in [3.05, 3.63) is 18.0 Å². The Morgan fingerprint density at radius 1 is 1.63 bits per heavy atom. The van der Waals surface area contributed by atoms with Gasteiger partial charge < -0.3 is 10.2 Å². The Kier molecular flexibility index (Phi) is 4.58. The lowest BCUT2D eigenvalue weighted by Gasteiger charge is -2.27. The van der Waals surface area contributed by atoms with Crippen molar-refractivity contribution in [2.24, 2.45) is 13.0 Å². The van der Waals surface area contributed by atoms with Gasteiger partial charge in [0.05, 0.1) is 0 Å². The van der Waals surface area contributed by atoms with Crippen LogP contribution in [0.15, 0.2) is 12.3 Å². The minimum Gasteiger partial charge on any atom is -0.336 e. The van der Waals surface area contributed by atoms with E-state index in [0.717, 1.165) is 26.1 Å². The molecule has 5 nitrogen and oxygen atoms in total. The van der Waals surface area contributed by atoms with Gasteiger partial charge in [-0.15, -0.1) is 0 Å². The molecule has 0 aliphatic carbocycles. The maximum atomic E-state index is 12.6. The molecule has 0 radical (unpaired) electrons. The molecular weight excluding hydrogens is 240 g/mol. The van der Waals surface area contributed by atoms with Gasteiger partial charge >= 0.3 is 0 Å². The molecule has 1 atom stereocenters. The number of aryl methyl sites for hydroxylation is 1. The normalized spacial score (nSPS) is 19.1. The molecule has 106 valence electrons. The van der Waals surface area contributed by atoms with Crippen molar-refractivity contribution in [3.8, 4) is 0 Å². The minimum atomic E-state index is 0.0856. The lowest BCUT2D eigenvalue weighted by Crippen LogP contribution is -2.43. The maximum absolute atomic E-state index is 12.6. The fourth-order valence-corrected chi connectivity index (χ4v) is 2.61. The summed E-state index contributed by atoms with van der Waals surface area (Å²) in [6.45, 7) is 6.95. The SMILES string of the molecule is CC(C)CN(CC1CCCN1)C(=O)c1ccnn1C. The molecule has 2 rings (SSSR count). The number of hydrogen-bond donors (Lipinski definition) is 1. The van der Waals surface area contributed by atoms with Crippen LogP contribution in [0.5, 0.6) is 0 Å². The molecule has 19 heavy (non-hydrogen) atoms. The van der Waals surface area contributed by atoms with Crippen molar-refractivity contribution in [2.45, 2.75) is 32.7 Å². The van der Waals surface area contributed by atoms with Crippen LogP contribution in [-0.2, 0) is 7.05 Å². The van der Waals surface area contributed by atoms with Crippen LogP contribution in [-0.4, -0.2) is 46.3 Å². The van der Waals surface area contributed by atoms with Gasteiger partial charge in [-0.05, 0) is 31.4 Å². The number of rotatable bonds is 5. The summed E-state index contributed by atoms with van der Waals surface area (Å²) < 4.78 is 1.65. The molecule has 5 heteroatoms. The first-order chi connectivity index (χ1) is 9.08. The van der Waals surface area contributed by atoms with E-state index in [1.807, 2.05) is 11.9 Å². The van der Waals surface area contributed by atoms with Crippen LogP contribution in [0.25, 0.3) is 0 Å². The number of amides is 1. The average molecular weight is 264 g/mol. The summed E-state index contributed by atoms with van der Waals surface area (Å²) in [4.78, 5) is 14.6. The summed E-state index contributed by atoms with van der Waals surface area (Å²) in [5.74, 6) is 0.556. The van der Waals surface area contributed by atoms with Crippen LogP contribution in [0.1, 0.15) is 37.2 Å². The monoisotopic (exact) mass is 264 g/mol. The van der Waals surface area contributed by atoms with Crippen molar-refractivity contribution >= 4 is 5.91 Å². The van der Waals surface area contributed by atoms with Gasteiger partial charge in [0.2, 0.25) is 0 Å². The van der Waals surface area contributed by atoms with Crippen LogP contribution < -0.4 is 5.32 Å². The third-order valence-corrected chi connectivity index (χ3v) is 3.52. The maximum Gasteiger partial charge on any atom is 0.272 e. The van der Waals surface area contributed by atoms with E-state index in [-0.39, 0.29) is 5.91 Å². The quantitative estimate of drug-likeness (QED) is 0.871. The standard InChI is InChI=1S/C14H24N4O/c1-11(2)9-18(10-12-5-4-7-15-12)14(19)13-6-8-16-17(13)3/h6,8,11-12,15H,4-5,7,9-10H2,1-3H3. The van der Waals surface area contributed by atoms with Gasteiger partial charge in [-0.1, -0.05) is 13.8 Å². The lowest BCUT2D eigenvalue weighted by molar-refractivity contribution is 0.0710. The van der Waals surface area contributed by atoms with E-state index < -0.39 is 0 Å². The second-order valence-electron chi connectivity index (χ2n) is 5.74. The Morgan fingerprint density at radius 2 is 2.42 bits per heavy atom. The molecule has 1 aliphatic rings. The van der Waals surface area contributed by atoms with E-state index in [0.29, 0.717) is 17.7 Å². The zero-order valence-corrected chi connectivity index (χ0v) is 12.1. The van der Waals surface area contributed by atoms with Crippen molar-refractivity contribution < 1.29 is 4.79 Å². The molecule has 0 bridgehead atoms. The highest BCUT2D eigenvalue weighted by molar-refractivity contribution is 5.92. The fourth-order valence-electron chi connectivity index (χ4n) is 2.61. The molecular formula is C14H24N4O. The second-order valence-corrected chi connectivity index (χ2v) is 5.74. The van der Waals surface area contributed by atoms with Gasteiger partial charge in [0.25, 0.3) is 5.91 Å². The number of aromatic nitrogens is 2. The number of nitrogens with zero attached hydrogens (tertiary/aromatic N) is 3.